The van der Waals surface area contributed by atoms with Gasteiger partial charge in [0.05, 0.1) is 5.56 Å². The summed E-state index contributed by atoms with van der Waals surface area (Å²) in [4.78, 5) is 41.8. The van der Waals surface area contributed by atoms with Gasteiger partial charge in [-0.25, -0.2) is 0 Å². The monoisotopic (exact) mass is 377 g/mol. The van der Waals surface area contributed by atoms with Crippen LogP contribution >= 0.6 is 0 Å². The van der Waals surface area contributed by atoms with Crippen molar-refractivity contribution in [3.8, 4) is 0 Å². The van der Waals surface area contributed by atoms with Crippen LogP contribution in [-0.4, -0.2) is 34.0 Å². The molecule has 0 bridgehead atoms. The zero-order chi connectivity index (χ0) is 20.3. The predicted octanol–water partition coefficient (Wildman–Crippen LogP) is 3.67. The molecule has 0 aliphatic carbocycles. The summed E-state index contributed by atoms with van der Waals surface area (Å²) in [5, 5.41) is 3.41. The maximum atomic E-state index is 12.8. The summed E-state index contributed by atoms with van der Waals surface area (Å²) in [7, 11) is 0. The van der Waals surface area contributed by atoms with E-state index in [0.717, 1.165) is 16.5 Å². The second-order valence-corrected chi connectivity index (χ2v) is 6.69. The Hall–Kier alpha value is -3.41. The number of Topliss-reactive ketones (excluding diaryl/α,β-unsaturated/α-hetero) is 1. The molecule has 0 spiro atoms. The minimum Gasteiger partial charge on any atom is -0.358 e. The molecule has 3 rings (SSSR count). The van der Waals surface area contributed by atoms with Gasteiger partial charge in [0, 0.05) is 42.3 Å². The Morgan fingerprint density at radius 3 is 2.54 bits per heavy atom. The molecule has 0 saturated carbocycles. The standard InChI is InChI=1S/C22H23N3O3/c1-4-25(15(3)26)13-16-8-7-9-17(12-16)24-22(28)21(27)20-14(2)23-19-11-6-5-10-18(19)20/h5-12,23H,4,13H2,1-3H3,(H,24,28). The molecule has 2 N–H and O–H groups in total. The van der Waals surface area contributed by atoms with E-state index in [1.807, 2.05) is 37.3 Å². The summed E-state index contributed by atoms with van der Waals surface area (Å²) < 4.78 is 0. The molecule has 2 amide bonds. The van der Waals surface area contributed by atoms with Gasteiger partial charge in [-0.3, -0.25) is 14.4 Å². The minimum atomic E-state index is -0.691. The first kappa shape index (κ1) is 19.4. The quantitative estimate of drug-likeness (QED) is 0.508. The third-order valence-corrected chi connectivity index (χ3v) is 4.71. The number of carbonyl (C=O) groups excluding carboxylic acids is 3. The van der Waals surface area contributed by atoms with Gasteiger partial charge in [0.1, 0.15) is 0 Å². The molecule has 6 nitrogen and oxygen atoms in total. The van der Waals surface area contributed by atoms with Crippen molar-refractivity contribution in [3.05, 3.63) is 65.4 Å². The lowest BCUT2D eigenvalue weighted by Crippen LogP contribution is -2.27. The third kappa shape index (κ3) is 3.96. The Kier molecular flexibility index (Phi) is 5.59. The number of amides is 2. The number of H-pyrrole nitrogens is 1. The lowest BCUT2D eigenvalue weighted by atomic mass is 10.1. The van der Waals surface area contributed by atoms with E-state index >= 15 is 0 Å². The number of aromatic amines is 1. The maximum absolute atomic E-state index is 12.8. The molecule has 0 atom stereocenters. The van der Waals surface area contributed by atoms with Crippen LogP contribution in [0.2, 0.25) is 0 Å². The van der Waals surface area contributed by atoms with Gasteiger partial charge in [-0.1, -0.05) is 30.3 Å². The summed E-state index contributed by atoms with van der Waals surface area (Å²) in [5.74, 6) is -1.29. The van der Waals surface area contributed by atoms with E-state index in [9.17, 15) is 14.4 Å². The normalized spacial score (nSPS) is 10.7. The van der Waals surface area contributed by atoms with Gasteiger partial charge in [0.2, 0.25) is 5.91 Å². The fourth-order valence-electron chi connectivity index (χ4n) is 3.28. The number of carbonyl (C=O) groups is 3. The van der Waals surface area contributed by atoms with Gasteiger partial charge in [-0.2, -0.15) is 0 Å². The summed E-state index contributed by atoms with van der Waals surface area (Å²) in [5.41, 5.74) is 3.27. The van der Waals surface area contributed by atoms with Crippen molar-refractivity contribution in [2.45, 2.75) is 27.3 Å². The fourth-order valence-corrected chi connectivity index (χ4v) is 3.28. The van der Waals surface area contributed by atoms with Crippen LogP contribution in [0, 0.1) is 6.92 Å². The Bertz CT molecular complexity index is 1050. The number of hydrogen-bond donors (Lipinski definition) is 2. The highest BCUT2D eigenvalue weighted by Gasteiger charge is 2.22. The first-order valence-corrected chi connectivity index (χ1v) is 9.18. The number of aryl methyl sites for hydroxylation is 1. The van der Waals surface area contributed by atoms with Crippen LogP contribution in [-0.2, 0) is 16.1 Å². The van der Waals surface area contributed by atoms with Crippen LogP contribution < -0.4 is 5.32 Å². The lowest BCUT2D eigenvalue weighted by molar-refractivity contribution is -0.129. The molecule has 1 aromatic heterocycles. The van der Waals surface area contributed by atoms with Gasteiger partial charge < -0.3 is 15.2 Å². The molecule has 6 heteroatoms. The van der Waals surface area contributed by atoms with Gasteiger partial charge in [0.25, 0.3) is 11.7 Å². The summed E-state index contributed by atoms with van der Waals surface area (Å²) in [6.07, 6.45) is 0. The summed E-state index contributed by atoms with van der Waals surface area (Å²) >= 11 is 0. The molecule has 3 aromatic rings. The van der Waals surface area contributed by atoms with Crippen LogP contribution in [0.5, 0.6) is 0 Å². The number of hydrogen-bond acceptors (Lipinski definition) is 3. The van der Waals surface area contributed by atoms with Gasteiger partial charge in [-0.15, -0.1) is 0 Å². The highest BCUT2D eigenvalue weighted by atomic mass is 16.2. The maximum Gasteiger partial charge on any atom is 0.296 e. The number of nitrogens with one attached hydrogen (secondary N) is 2. The van der Waals surface area contributed by atoms with E-state index in [-0.39, 0.29) is 5.91 Å². The fraction of sp³-hybridized carbons (Fsp3) is 0.227. The van der Waals surface area contributed by atoms with E-state index in [2.05, 4.69) is 10.3 Å². The summed E-state index contributed by atoms with van der Waals surface area (Å²) in [6, 6.07) is 14.6. The second-order valence-electron chi connectivity index (χ2n) is 6.69. The molecule has 0 saturated heterocycles. The van der Waals surface area contributed by atoms with Gasteiger partial charge in [-0.05, 0) is 37.6 Å². The number of anilines is 1. The van der Waals surface area contributed by atoms with Crippen molar-refractivity contribution in [2.75, 3.05) is 11.9 Å². The molecular weight excluding hydrogens is 354 g/mol. The van der Waals surface area contributed by atoms with E-state index in [4.69, 9.17) is 0 Å². The number of benzene rings is 2. The molecule has 0 aliphatic rings. The van der Waals surface area contributed by atoms with Crippen LogP contribution in [0.1, 0.15) is 35.5 Å². The Morgan fingerprint density at radius 1 is 1.07 bits per heavy atom. The van der Waals surface area contributed by atoms with E-state index in [0.29, 0.717) is 30.0 Å². The van der Waals surface area contributed by atoms with Crippen molar-refractivity contribution in [1.82, 2.24) is 9.88 Å². The van der Waals surface area contributed by atoms with Gasteiger partial charge in [0.15, 0.2) is 0 Å². The van der Waals surface area contributed by atoms with Gasteiger partial charge >= 0.3 is 0 Å². The van der Waals surface area contributed by atoms with E-state index in [1.165, 1.54) is 6.92 Å². The average molecular weight is 377 g/mol. The highest BCUT2D eigenvalue weighted by molar-refractivity contribution is 6.48. The lowest BCUT2D eigenvalue weighted by Gasteiger charge is -2.19. The van der Waals surface area contributed by atoms with E-state index < -0.39 is 11.7 Å². The molecule has 144 valence electrons. The largest absolute Gasteiger partial charge is 0.358 e. The molecule has 0 unspecified atom stereocenters. The Morgan fingerprint density at radius 2 is 1.82 bits per heavy atom. The van der Waals surface area contributed by atoms with Crippen molar-refractivity contribution in [2.24, 2.45) is 0 Å². The molecule has 28 heavy (non-hydrogen) atoms. The third-order valence-electron chi connectivity index (χ3n) is 4.71. The number of fused-ring (bicyclic) bond motifs is 1. The smallest absolute Gasteiger partial charge is 0.296 e. The number of nitrogens with zero attached hydrogens (tertiary/aromatic N) is 1. The molecule has 0 fully saturated rings. The Labute approximate surface area is 163 Å². The molecular formula is C22H23N3O3. The zero-order valence-electron chi connectivity index (χ0n) is 16.2. The van der Waals surface area contributed by atoms with Crippen molar-refractivity contribution < 1.29 is 14.4 Å². The topological polar surface area (TPSA) is 82.3 Å². The van der Waals surface area contributed by atoms with Crippen LogP contribution in [0.25, 0.3) is 10.9 Å². The number of para-hydroxylation sites is 1. The number of rotatable bonds is 6. The second kappa shape index (κ2) is 8.08. The first-order valence-electron chi connectivity index (χ1n) is 9.18. The van der Waals surface area contributed by atoms with Crippen molar-refractivity contribution in [3.63, 3.8) is 0 Å². The molecule has 0 radical (unpaired) electrons. The number of aromatic nitrogens is 1. The first-order chi connectivity index (χ1) is 13.4. The summed E-state index contributed by atoms with van der Waals surface area (Å²) in [6.45, 7) is 6.27. The average Bonchev–Trinajstić information content (AvgIpc) is 3.01. The van der Waals surface area contributed by atoms with Crippen LogP contribution in [0.4, 0.5) is 5.69 Å². The predicted molar refractivity (Wildman–Crippen MR) is 109 cm³/mol. The number of ketones is 1. The van der Waals surface area contributed by atoms with E-state index in [1.54, 1.807) is 30.0 Å². The molecule has 2 aromatic carbocycles. The zero-order valence-corrected chi connectivity index (χ0v) is 16.2. The van der Waals surface area contributed by atoms with Crippen molar-refractivity contribution in [1.29, 1.82) is 0 Å². The minimum absolute atomic E-state index is 0.0121. The highest BCUT2D eigenvalue weighted by Crippen LogP contribution is 2.23. The van der Waals surface area contributed by atoms with Crippen LogP contribution in [0.15, 0.2) is 48.5 Å². The van der Waals surface area contributed by atoms with Crippen LogP contribution in [0.3, 0.4) is 0 Å². The SMILES string of the molecule is CCN(Cc1cccc(NC(=O)C(=O)c2c(C)[nH]c3ccccc23)c1)C(C)=O. The molecule has 1 heterocycles. The van der Waals surface area contributed by atoms with Crippen molar-refractivity contribution >= 4 is 34.2 Å². The Balaban J connectivity index is 1.79. The molecule has 0 aliphatic heterocycles.